The largest absolute Gasteiger partial charge is 0.487 e. The van der Waals surface area contributed by atoms with Crippen LogP contribution in [-0.4, -0.2) is 92.5 Å². The molecule has 2 N–H and O–H groups in total. The Labute approximate surface area is 259 Å². The van der Waals surface area contributed by atoms with Crippen LogP contribution in [0.1, 0.15) is 50.5 Å². The number of likely N-dealkylation sites (tertiary alicyclic amines) is 1. The van der Waals surface area contributed by atoms with Gasteiger partial charge in [0.05, 0.1) is 23.2 Å². The van der Waals surface area contributed by atoms with Crippen LogP contribution in [0.15, 0.2) is 51.9 Å². The first-order valence-corrected chi connectivity index (χ1v) is 16.8. The molecule has 6 rings (SSSR count). The van der Waals surface area contributed by atoms with Crippen LogP contribution in [0.5, 0.6) is 11.6 Å². The smallest absolute Gasteiger partial charge is 0.294 e. The fraction of sp³-hybridized carbons (Fsp3) is 0.594. The molecule has 0 unspecified atom stereocenters. The number of methoxy groups -OCH3 is 1. The second-order valence-corrected chi connectivity index (χ2v) is 13.6. The molecule has 3 aromatic rings. The van der Waals surface area contributed by atoms with E-state index in [1.807, 2.05) is 25.1 Å². The van der Waals surface area contributed by atoms with Gasteiger partial charge in [0.25, 0.3) is 16.0 Å². The number of rotatable bonds is 9. The lowest BCUT2D eigenvalue weighted by atomic mass is 9.91. The second-order valence-electron chi connectivity index (χ2n) is 12.1. The molecule has 1 aliphatic carbocycles. The highest BCUT2D eigenvalue weighted by atomic mass is 32.2. The molecule has 11 nitrogen and oxygen atoms in total. The Morgan fingerprint density at radius 1 is 1.02 bits per heavy atom. The maximum Gasteiger partial charge on any atom is 0.294 e. The van der Waals surface area contributed by atoms with Crippen LogP contribution >= 0.6 is 0 Å². The first kappa shape index (κ1) is 32.6. The molecular formula is C32H44N2O9S. The summed E-state index contributed by atoms with van der Waals surface area (Å²) in [6.07, 6.45) is 6.82. The third-order valence-corrected chi connectivity index (χ3v) is 9.69. The van der Waals surface area contributed by atoms with Crippen molar-refractivity contribution in [2.24, 2.45) is 5.92 Å². The van der Waals surface area contributed by atoms with Gasteiger partial charge < -0.3 is 33.5 Å². The number of piperidine rings is 1. The van der Waals surface area contributed by atoms with Gasteiger partial charge >= 0.3 is 0 Å². The van der Waals surface area contributed by atoms with Gasteiger partial charge in [-0.3, -0.25) is 4.55 Å². The van der Waals surface area contributed by atoms with Crippen molar-refractivity contribution in [1.29, 1.82) is 0 Å². The predicted octanol–water partition coefficient (Wildman–Crippen LogP) is 4.65. The molecule has 0 spiro atoms. The first-order valence-electron chi connectivity index (χ1n) is 15.4. The zero-order chi connectivity index (χ0) is 31.2. The van der Waals surface area contributed by atoms with Gasteiger partial charge in [-0.15, -0.1) is 0 Å². The lowest BCUT2D eigenvalue weighted by molar-refractivity contribution is -0.0834. The number of benzene rings is 2. The molecule has 1 saturated carbocycles. The van der Waals surface area contributed by atoms with E-state index < -0.39 is 15.7 Å². The normalized spacial score (nSPS) is 22.8. The maximum atomic E-state index is 10.8. The van der Waals surface area contributed by atoms with Crippen LogP contribution in [0.25, 0.3) is 11.0 Å². The third-order valence-electron chi connectivity index (χ3n) is 8.82. The number of aliphatic hydroxyl groups is 1. The van der Waals surface area contributed by atoms with Crippen LogP contribution in [-0.2, 0) is 19.6 Å². The second kappa shape index (κ2) is 14.6. The van der Waals surface area contributed by atoms with Crippen molar-refractivity contribution in [3.63, 3.8) is 0 Å². The summed E-state index contributed by atoms with van der Waals surface area (Å²) >= 11 is 0. The lowest BCUT2D eigenvalue weighted by Gasteiger charge is -2.39. The van der Waals surface area contributed by atoms with Crippen molar-refractivity contribution in [3.05, 3.63) is 48.0 Å². The SMILES string of the molecule is CO[C@@H]1CCC[C@H]1Oc1cccc2onc(OCC3CCN(CC4(O)CCOCC4)CC3)c12.Cc1ccc(S(=O)(=O)O)cc1. The topological polar surface area (TPSA) is 141 Å². The molecule has 12 heteroatoms. The fourth-order valence-electron chi connectivity index (χ4n) is 6.13. The zero-order valence-corrected chi connectivity index (χ0v) is 26.3. The molecule has 44 heavy (non-hydrogen) atoms. The van der Waals surface area contributed by atoms with Crippen molar-refractivity contribution in [2.75, 3.05) is 46.6 Å². The molecule has 242 valence electrons. The third kappa shape index (κ3) is 8.49. The molecule has 3 aliphatic rings. The summed E-state index contributed by atoms with van der Waals surface area (Å²) in [6.45, 7) is 6.45. The van der Waals surface area contributed by atoms with E-state index in [1.165, 1.54) is 12.1 Å². The van der Waals surface area contributed by atoms with Gasteiger partial charge in [-0.25, -0.2) is 0 Å². The van der Waals surface area contributed by atoms with Crippen molar-refractivity contribution >= 4 is 21.1 Å². The summed E-state index contributed by atoms with van der Waals surface area (Å²) in [5, 5.41) is 15.8. The minimum absolute atomic E-state index is 0.0400. The van der Waals surface area contributed by atoms with Crippen LogP contribution in [0.3, 0.4) is 0 Å². The average molecular weight is 633 g/mol. The van der Waals surface area contributed by atoms with Crippen LogP contribution in [0.4, 0.5) is 0 Å². The highest BCUT2D eigenvalue weighted by Crippen LogP contribution is 2.37. The van der Waals surface area contributed by atoms with E-state index in [1.54, 1.807) is 19.2 Å². The van der Waals surface area contributed by atoms with E-state index in [0.717, 1.165) is 81.3 Å². The lowest BCUT2D eigenvalue weighted by Crippen LogP contribution is -2.49. The monoisotopic (exact) mass is 632 g/mol. The minimum atomic E-state index is -4.02. The number of nitrogens with zero attached hydrogens (tertiary/aromatic N) is 2. The summed E-state index contributed by atoms with van der Waals surface area (Å²) in [5.74, 6) is 1.71. The number of hydrogen-bond acceptors (Lipinski definition) is 10. The van der Waals surface area contributed by atoms with Gasteiger partial charge in [0.1, 0.15) is 17.2 Å². The Balaban J connectivity index is 0.000000296. The van der Waals surface area contributed by atoms with E-state index in [9.17, 15) is 13.5 Å². The summed E-state index contributed by atoms with van der Waals surface area (Å²) in [4.78, 5) is 2.32. The standard InChI is InChI=1S/C25H36N2O6.C7H8O3S/c1-29-19-4-2-5-20(19)32-21-6-3-7-22-23(21)24(26-33-22)31-16-18-8-12-27(13-9-18)17-25(28)10-14-30-15-11-25;1-6-2-4-7(5-3-6)11(8,9)10/h3,6-7,18-20,28H,2,4-5,8-17H2,1H3;2-5H,1H3,(H,8,9,10)/t19-,20-;/m1./s1. The van der Waals surface area contributed by atoms with Gasteiger partial charge in [-0.1, -0.05) is 23.8 Å². The number of aromatic nitrogens is 1. The highest BCUT2D eigenvalue weighted by molar-refractivity contribution is 7.85. The Morgan fingerprint density at radius 2 is 1.73 bits per heavy atom. The van der Waals surface area contributed by atoms with Crippen molar-refractivity contribution in [1.82, 2.24) is 10.1 Å². The van der Waals surface area contributed by atoms with Gasteiger partial charge in [0.15, 0.2) is 5.58 Å². The van der Waals surface area contributed by atoms with Crippen molar-refractivity contribution in [2.45, 2.75) is 74.6 Å². The molecule has 2 aliphatic heterocycles. The Hall–Kier alpha value is -2.74. The number of ether oxygens (including phenoxy) is 4. The Bertz CT molecular complexity index is 1450. The van der Waals surface area contributed by atoms with Crippen LogP contribution in [0.2, 0.25) is 0 Å². The number of β-amino-alcohol motifs (C(OH)–C–C–N with tert-alkyl or cyclic N) is 1. The van der Waals surface area contributed by atoms with Gasteiger partial charge in [0.2, 0.25) is 0 Å². The molecule has 2 aromatic carbocycles. The van der Waals surface area contributed by atoms with Crippen LogP contribution in [0, 0.1) is 12.8 Å². The average Bonchev–Trinajstić information content (AvgIpc) is 3.64. The van der Waals surface area contributed by atoms with Gasteiger partial charge in [0, 0.05) is 39.7 Å². The molecule has 0 amide bonds. The molecule has 0 radical (unpaired) electrons. The van der Waals surface area contributed by atoms with Crippen LogP contribution < -0.4 is 9.47 Å². The molecule has 1 aromatic heterocycles. The Kier molecular flexibility index (Phi) is 10.8. The number of aryl methyl sites for hydroxylation is 1. The van der Waals surface area contributed by atoms with E-state index >= 15 is 0 Å². The molecule has 3 fully saturated rings. The fourth-order valence-corrected chi connectivity index (χ4v) is 6.61. The minimum Gasteiger partial charge on any atom is -0.487 e. The van der Waals surface area contributed by atoms with E-state index in [2.05, 4.69) is 10.1 Å². The summed E-state index contributed by atoms with van der Waals surface area (Å²) < 4.78 is 58.6. The number of hydrogen-bond donors (Lipinski definition) is 2. The summed E-state index contributed by atoms with van der Waals surface area (Å²) in [5.41, 5.74) is 1.03. The van der Waals surface area contributed by atoms with E-state index in [-0.39, 0.29) is 17.1 Å². The predicted molar refractivity (Wildman–Crippen MR) is 164 cm³/mol. The summed E-state index contributed by atoms with van der Waals surface area (Å²) in [7, 11) is -2.27. The molecule has 0 bridgehead atoms. The zero-order valence-electron chi connectivity index (χ0n) is 25.5. The van der Waals surface area contributed by atoms with E-state index in [4.69, 9.17) is 28.0 Å². The van der Waals surface area contributed by atoms with Crippen molar-refractivity contribution in [3.8, 4) is 11.6 Å². The van der Waals surface area contributed by atoms with Gasteiger partial charge in [-0.05, 0) is 87.5 Å². The van der Waals surface area contributed by atoms with Gasteiger partial charge in [-0.2, -0.15) is 8.42 Å². The molecule has 2 saturated heterocycles. The highest BCUT2D eigenvalue weighted by Gasteiger charge is 2.34. The quantitative estimate of drug-likeness (QED) is 0.319. The Morgan fingerprint density at radius 3 is 2.41 bits per heavy atom. The van der Waals surface area contributed by atoms with E-state index in [0.29, 0.717) is 37.2 Å². The van der Waals surface area contributed by atoms with Crippen molar-refractivity contribution < 1.29 is 41.5 Å². The number of fused-ring (bicyclic) bond motifs is 1. The first-order chi connectivity index (χ1) is 21.1. The maximum absolute atomic E-state index is 10.8. The molecular weight excluding hydrogens is 588 g/mol. The molecule has 2 atom stereocenters. The molecule has 3 heterocycles. The summed E-state index contributed by atoms with van der Waals surface area (Å²) in [6, 6.07) is 11.8.